The topological polar surface area (TPSA) is 51.9 Å². The quantitative estimate of drug-likeness (QED) is 0.162. The average Bonchev–Trinajstić information content (AvgIpc) is 4.06. The van der Waals surface area contributed by atoms with Gasteiger partial charge in [-0.3, -0.25) is 0 Å². The molecule has 0 radical (unpaired) electrons. The summed E-state index contributed by atoms with van der Waals surface area (Å²) in [4.78, 5) is 5.00. The maximum atomic E-state index is 7.30. The van der Waals surface area contributed by atoms with Crippen LogP contribution in [-0.2, 0) is 6.42 Å². The Bertz CT molecular complexity index is 3770. The molecule has 2 unspecified atom stereocenters. The van der Waals surface area contributed by atoms with E-state index in [4.69, 9.17) is 20.4 Å². The molecule has 67 heavy (non-hydrogen) atoms. The van der Waals surface area contributed by atoms with E-state index in [0.717, 1.165) is 74.0 Å². The van der Waals surface area contributed by atoms with Gasteiger partial charge in [0.25, 0.3) is 0 Å². The highest BCUT2D eigenvalue weighted by Gasteiger charge is 2.48. The fraction of sp³-hybridized carbons (Fsp3) is 0.164. The summed E-state index contributed by atoms with van der Waals surface area (Å²) in [6, 6.07) is 59.1. The fourth-order valence-electron chi connectivity index (χ4n) is 11.5. The van der Waals surface area contributed by atoms with E-state index in [1.165, 1.54) is 50.3 Å². The molecule has 4 aromatic heterocycles. The van der Waals surface area contributed by atoms with Crippen LogP contribution in [0.15, 0.2) is 185 Å². The number of imidazole rings is 1. The van der Waals surface area contributed by atoms with Crippen molar-refractivity contribution in [3.8, 4) is 50.9 Å². The smallest absolute Gasteiger partial charge is 0.304 e. The number of fused-ring (bicyclic) bond motifs is 16. The zero-order valence-electron chi connectivity index (χ0n) is 38.2. The summed E-state index contributed by atoms with van der Waals surface area (Å²) in [6.45, 7) is 14.6. The maximum absolute atomic E-state index is 7.30. The molecule has 0 aliphatic carbocycles. The number of allylic oxidation sites excluding steroid dienone is 1. The first-order chi connectivity index (χ1) is 32.8. The average molecular weight is 871 g/mol. The van der Waals surface area contributed by atoms with Gasteiger partial charge in [-0.15, -0.1) is 0 Å². The third-order valence-corrected chi connectivity index (χ3v) is 14.6. The van der Waals surface area contributed by atoms with E-state index >= 15 is 0 Å². The largest absolute Gasteiger partial charge is 0.455 e. The lowest BCUT2D eigenvalue weighted by Gasteiger charge is -2.30. The normalized spacial score (nSPS) is 15.6. The van der Waals surface area contributed by atoms with Gasteiger partial charge in [-0.25, -0.2) is 4.98 Å². The van der Waals surface area contributed by atoms with Crippen LogP contribution < -0.4 is 9.13 Å². The van der Waals surface area contributed by atoms with Crippen molar-refractivity contribution in [3.63, 3.8) is 0 Å². The van der Waals surface area contributed by atoms with Crippen molar-refractivity contribution in [2.24, 2.45) is 0 Å². The van der Waals surface area contributed by atoms with Crippen molar-refractivity contribution in [3.05, 3.63) is 199 Å². The number of hydrogen-bond donors (Lipinski definition) is 0. The summed E-state index contributed by atoms with van der Waals surface area (Å²) < 4.78 is 21.3. The lowest BCUT2D eigenvalue weighted by atomic mass is 9.78. The highest BCUT2D eigenvalue weighted by atomic mass is 16.4. The van der Waals surface area contributed by atoms with Crippen LogP contribution >= 0.6 is 0 Å². The van der Waals surface area contributed by atoms with Gasteiger partial charge in [0, 0.05) is 51.2 Å². The van der Waals surface area contributed by atoms with Crippen molar-refractivity contribution < 1.29 is 18.0 Å². The number of para-hydroxylation sites is 2. The molecule has 6 heterocycles. The number of aryl methyl sites for hydroxylation is 1. The molecule has 2 aliphatic heterocycles. The molecule has 6 heteroatoms. The molecule has 13 rings (SSSR count). The first-order valence-electron chi connectivity index (χ1n) is 23.7. The zero-order chi connectivity index (χ0) is 45.1. The molecule has 324 valence electrons. The molecule has 0 spiro atoms. The Labute approximate surface area is 389 Å². The van der Waals surface area contributed by atoms with Gasteiger partial charge in [0.2, 0.25) is 17.6 Å². The van der Waals surface area contributed by atoms with Crippen LogP contribution in [0.1, 0.15) is 80.2 Å². The van der Waals surface area contributed by atoms with E-state index in [1.54, 1.807) is 0 Å². The summed E-state index contributed by atoms with van der Waals surface area (Å²) >= 11 is 0. The highest BCUT2D eigenvalue weighted by Crippen LogP contribution is 2.49. The molecule has 0 fully saturated rings. The lowest BCUT2D eigenvalue weighted by molar-refractivity contribution is -0.724. The molecule has 0 N–H and O–H groups in total. The summed E-state index contributed by atoms with van der Waals surface area (Å²) in [5.74, 6) is 2.23. The minimum Gasteiger partial charge on any atom is -0.455 e. The van der Waals surface area contributed by atoms with Crippen LogP contribution in [0, 0.1) is 0 Å². The number of hydrogen-bond acceptors (Lipinski definition) is 3. The molecule has 2 aliphatic rings. The predicted molar refractivity (Wildman–Crippen MR) is 270 cm³/mol. The second-order valence-corrected chi connectivity index (χ2v) is 19.1. The first-order valence-corrected chi connectivity index (χ1v) is 23.7. The molecule has 6 nitrogen and oxygen atoms in total. The Morgan fingerprint density at radius 3 is 2.13 bits per heavy atom. The molecular weight excluding hydrogens is 821 g/mol. The molecule has 0 saturated carbocycles. The van der Waals surface area contributed by atoms with Gasteiger partial charge in [-0.1, -0.05) is 119 Å². The monoisotopic (exact) mass is 870 g/mol. The summed E-state index contributed by atoms with van der Waals surface area (Å²) in [7, 11) is 0. The number of rotatable bonds is 5. The Morgan fingerprint density at radius 2 is 1.36 bits per heavy atom. The first kappa shape index (κ1) is 39.5. The molecule has 11 aromatic rings. The van der Waals surface area contributed by atoms with Gasteiger partial charge >= 0.3 is 5.82 Å². The third-order valence-electron chi connectivity index (χ3n) is 14.6. The maximum Gasteiger partial charge on any atom is 0.304 e. The molecule has 0 amide bonds. The van der Waals surface area contributed by atoms with Gasteiger partial charge < -0.3 is 8.83 Å². The van der Waals surface area contributed by atoms with Crippen molar-refractivity contribution >= 4 is 49.8 Å². The van der Waals surface area contributed by atoms with Crippen LogP contribution in [0.4, 0.5) is 0 Å². The summed E-state index contributed by atoms with van der Waals surface area (Å²) in [5, 5.41) is 2.05. The van der Waals surface area contributed by atoms with E-state index in [0.29, 0.717) is 11.5 Å². The van der Waals surface area contributed by atoms with E-state index < -0.39 is 0 Å². The number of benzene rings is 7. The van der Waals surface area contributed by atoms with Crippen LogP contribution in [-0.4, -0.2) is 9.55 Å². The molecule has 0 bridgehead atoms. The zero-order valence-corrected chi connectivity index (χ0v) is 38.2. The van der Waals surface area contributed by atoms with Crippen LogP contribution in [0.3, 0.4) is 0 Å². The Kier molecular flexibility index (Phi) is 8.91. The number of aromatic nitrogens is 4. The lowest BCUT2D eigenvalue weighted by Crippen LogP contribution is -2.53. The van der Waals surface area contributed by atoms with Gasteiger partial charge in [-0.2, -0.15) is 13.7 Å². The van der Waals surface area contributed by atoms with Crippen molar-refractivity contribution in [2.45, 2.75) is 64.3 Å². The highest BCUT2D eigenvalue weighted by molar-refractivity contribution is 6.13. The summed E-state index contributed by atoms with van der Waals surface area (Å²) in [5.41, 5.74) is 19.7. The number of nitrogens with zero attached hydrogens (tertiary/aromatic N) is 4. The van der Waals surface area contributed by atoms with Gasteiger partial charge in [0.05, 0.1) is 5.92 Å². The third kappa shape index (κ3) is 5.98. The van der Waals surface area contributed by atoms with Gasteiger partial charge in [0.1, 0.15) is 22.4 Å². The van der Waals surface area contributed by atoms with Crippen LogP contribution in [0.25, 0.3) is 101 Å². The predicted octanol–water partition coefficient (Wildman–Crippen LogP) is 14.9. The van der Waals surface area contributed by atoms with Crippen molar-refractivity contribution in [1.82, 2.24) is 9.55 Å². The summed E-state index contributed by atoms with van der Waals surface area (Å²) in [6.07, 6.45) is 4.02. The van der Waals surface area contributed by atoms with Crippen molar-refractivity contribution in [1.29, 1.82) is 0 Å². The standard InChI is InChI=1S/C61H50N4O2/c1-36(2)47-32-42(39-18-8-6-9-19-39)33-48(37(3)4)58(47)65-53-26-15-14-25-52(53)64-38(5)57-45(43-22-12-13-23-44(43)51-24-16-17-31-63(51)57)29-27-40-28-30-46-49-34-50-55(35-54(49)66-59(46)56(40)61(64)65)67-60(62-50)41-20-10-7-11-21-41/h6-26,28,30-37,45,57H,5,27,29H2,1-4H3/q+2. The SMILES string of the molecule is C=C1C2C(CCc3ccc4c(oc5cc6oc(-c7ccccc7)nc6cc54)c3-c3n(-c4c(C(C)C)cc(-c5ccccc5)cc4C(C)C)c4ccccc4[n+]31)c1ccccc1-c1cccc[n+]12. The molecule has 2 atom stereocenters. The van der Waals surface area contributed by atoms with Gasteiger partial charge in [0.15, 0.2) is 34.1 Å². The van der Waals surface area contributed by atoms with Crippen molar-refractivity contribution in [2.75, 3.05) is 0 Å². The molecule has 0 saturated heterocycles. The Hall–Kier alpha value is -7.83. The second-order valence-electron chi connectivity index (χ2n) is 19.1. The van der Waals surface area contributed by atoms with E-state index in [2.05, 4.69) is 175 Å². The fourth-order valence-corrected chi connectivity index (χ4v) is 11.5. The Morgan fingerprint density at radius 1 is 0.657 bits per heavy atom. The molecule has 7 aromatic carbocycles. The van der Waals surface area contributed by atoms with E-state index in [9.17, 15) is 0 Å². The van der Waals surface area contributed by atoms with Gasteiger partial charge in [-0.05, 0) is 108 Å². The van der Waals surface area contributed by atoms with E-state index in [-0.39, 0.29) is 23.8 Å². The minimum atomic E-state index is -0.0685. The second kappa shape index (κ2) is 15.1. The van der Waals surface area contributed by atoms with Crippen LogP contribution in [0.5, 0.6) is 0 Å². The van der Waals surface area contributed by atoms with Crippen LogP contribution in [0.2, 0.25) is 0 Å². The Balaban J connectivity index is 1.16. The molecular formula is C61H50N4O2+2. The number of furan rings is 1. The van der Waals surface area contributed by atoms with E-state index in [1.807, 2.05) is 36.4 Å². The minimum absolute atomic E-state index is 0.0685. The number of pyridine rings is 1. The number of oxazole rings is 1.